The smallest absolute Gasteiger partial charge is 0.422 e. The number of methoxy groups -OCH3 is 1. The molecule has 2 saturated carbocycles. The molecule has 3 fully saturated rings. The first-order valence-corrected chi connectivity index (χ1v) is 6.92. The Morgan fingerprint density at radius 1 is 1.33 bits per heavy atom. The van der Waals surface area contributed by atoms with E-state index in [9.17, 15) is 18.0 Å². The number of carbonyl (C=O) groups excluding carboxylic acids is 1. The minimum atomic E-state index is -4.76. The summed E-state index contributed by atoms with van der Waals surface area (Å²) in [5.41, 5.74) is -1.47. The highest BCUT2D eigenvalue weighted by atomic mass is 19.4. The van der Waals surface area contributed by atoms with Crippen molar-refractivity contribution in [2.24, 2.45) is 23.7 Å². The average Bonchev–Trinajstić information content (AvgIpc) is 3.00. The van der Waals surface area contributed by atoms with Crippen molar-refractivity contribution in [3.8, 4) is 0 Å². The van der Waals surface area contributed by atoms with Gasteiger partial charge in [0.15, 0.2) is 0 Å². The number of hydrogen-bond donors (Lipinski definition) is 0. The molecule has 0 N–H and O–H groups in total. The summed E-state index contributed by atoms with van der Waals surface area (Å²) in [6, 6.07) is 0. The molecular formula is C14H17F3O4. The molecule has 0 aromatic heterocycles. The topological polar surface area (TPSA) is 44.8 Å². The third-order valence-electron chi connectivity index (χ3n) is 5.03. The number of carbonyl (C=O) groups is 1. The van der Waals surface area contributed by atoms with Gasteiger partial charge in [-0.25, -0.2) is 4.79 Å². The van der Waals surface area contributed by atoms with Gasteiger partial charge in [-0.05, 0) is 24.2 Å². The standard InChI is InChI=1S/C14H17F3O4/c1-6(14(15,16)17)13(18)21-12-8-3-7-10(5-20-11(7)12)9(8)4-19-2/h7-12H,1,3-5H2,2H3. The third kappa shape index (κ3) is 2.26. The molecule has 21 heavy (non-hydrogen) atoms. The van der Waals surface area contributed by atoms with Crippen molar-refractivity contribution in [2.75, 3.05) is 20.3 Å². The molecule has 2 aliphatic carbocycles. The highest BCUT2D eigenvalue weighted by Crippen LogP contribution is 2.58. The van der Waals surface area contributed by atoms with Gasteiger partial charge in [-0.3, -0.25) is 0 Å². The molecule has 4 nitrogen and oxygen atoms in total. The molecule has 6 unspecified atom stereocenters. The molecule has 6 atom stereocenters. The fourth-order valence-corrected chi connectivity index (χ4v) is 4.13. The molecular weight excluding hydrogens is 289 g/mol. The highest BCUT2D eigenvalue weighted by molar-refractivity contribution is 5.89. The Kier molecular flexibility index (Phi) is 3.52. The van der Waals surface area contributed by atoms with Gasteiger partial charge in [0.05, 0.1) is 12.7 Å². The molecule has 2 bridgehead atoms. The molecule has 0 amide bonds. The zero-order chi connectivity index (χ0) is 15.4. The lowest BCUT2D eigenvalue weighted by Crippen LogP contribution is -2.42. The summed E-state index contributed by atoms with van der Waals surface area (Å²) >= 11 is 0. The summed E-state index contributed by atoms with van der Waals surface area (Å²) in [5.74, 6) is -0.593. The van der Waals surface area contributed by atoms with Crippen LogP contribution in [0.3, 0.4) is 0 Å². The molecule has 1 heterocycles. The van der Waals surface area contributed by atoms with Crippen molar-refractivity contribution >= 4 is 5.97 Å². The van der Waals surface area contributed by atoms with E-state index in [0.29, 0.717) is 19.1 Å². The minimum Gasteiger partial charge on any atom is -0.456 e. The molecule has 7 heteroatoms. The normalized spacial score (nSPS) is 40.6. The van der Waals surface area contributed by atoms with E-state index in [1.807, 2.05) is 0 Å². The summed E-state index contributed by atoms with van der Waals surface area (Å²) in [6.45, 7) is 3.86. The lowest BCUT2D eigenvalue weighted by Gasteiger charge is -2.32. The zero-order valence-electron chi connectivity index (χ0n) is 11.6. The SMILES string of the molecule is C=C(C(=O)OC1C2CC3C(COC31)C2COC)C(F)(F)F. The van der Waals surface area contributed by atoms with Crippen LogP contribution in [0.4, 0.5) is 13.2 Å². The second kappa shape index (κ2) is 4.98. The predicted molar refractivity (Wildman–Crippen MR) is 65.3 cm³/mol. The Hall–Kier alpha value is -1.08. The second-order valence-electron chi connectivity index (χ2n) is 5.99. The number of fused-ring (bicyclic) bond motifs is 1. The van der Waals surface area contributed by atoms with Crippen molar-refractivity contribution in [1.29, 1.82) is 0 Å². The van der Waals surface area contributed by atoms with Gasteiger partial charge in [0.25, 0.3) is 0 Å². The maximum Gasteiger partial charge on any atom is 0.422 e. The molecule has 3 rings (SSSR count). The Bertz CT molecular complexity index is 462. The van der Waals surface area contributed by atoms with Gasteiger partial charge in [0, 0.05) is 19.6 Å². The van der Waals surface area contributed by atoms with E-state index in [2.05, 4.69) is 6.58 Å². The van der Waals surface area contributed by atoms with E-state index in [1.54, 1.807) is 7.11 Å². The van der Waals surface area contributed by atoms with Crippen molar-refractivity contribution in [2.45, 2.75) is 24.8 Å². The van der Waals surface area contributed by atoms with Crippen LogP contribution < -0.4 is 0 Å². The van der Waals surface area contributed by atoms with Gasteiger partial charge in [-0.1, -0.05) is 6.58 Å². The van der Waals surface area contributed by atoms with E-state index < -0.39 is 23.8 Å². The lowest BCUT2D eigenvalue weighted by atomic mass is 9.79. The molecule has 1 aliphatic heterocycles. The average molecular weight is 306 g/mol. The van der Waals surface area contributed by atoms with Crippen molar-refractivity contribution in [3.05, 3.63) is 12.2 Å². The first kappa shape index (κ1) is 14.8. The third-order valence-corrected chi connectivity index (χ3v) is 5.03. The van der Waals surface area contributed by atoms with Gasteiger partial charge in [0.2, 0.25) is 0 Å². The summed E-state index contributed by atoms with van der Waals surface area (Å²) < 4.78 is 53.4. The van der Waals surface area contributed by atoms with Crippen molar-refractivity contribution in [3.63, 3.8) is 0 Å². The molecule has 0 aromatic carbocycles. The highest BCUT2D eigenvalue weighted by Gasteiger charge is 2.63. The summed E-state index contributed by atoms with van der Waals surface area (Å²) in [5, 5.41) is 0. The van der Waals surface area contributed by atoms with Crippen LogP contribution in [0.5, 0.6) is 0 Å². The number of alkyl halides is 3. The minimum absolute atomic E-state index is 0.0115. The van der Waals surface area contributed by atoms with Crippen LogP contribution in [0.15, 0.2) is 12.2 Å². The van der Waals surface area contributed by atoms with E-state index in [1.165, 1.54) is 0 Å². The number of halogens is 3. The molecule has 1 saturated heterocycles. The second-order valence-corrected chi connectivity index (χ2v) is 5.99. The Morgan fingerprint density at radius 3 is 2.67 bits per heavy atom. The van der Waals surface area contributed by atoms with E-state index in [4.69, 9.17) is 14.2 Å². The zero-order valence-corrected chi connectivity index (χ0v) is 11.6. The number of ether oxygens (including phenoxy) is 3. The van der Waals surface area contributed by atoms with Gasteiger partial charge in [-0.15, -0.1) is 0 Å². The monoisotopic (exact) mass is 306 g/mol. The quantitative estimate of drug-likeness (QED) is 0.588. The van der Waals surface area contributed by atoms with Crippen molar-refractivity contribution < 1.29 is 32.2 Å². The number of rotatable bonds is 4. The van der Waals surface area contributed by atoms with Gasteiger partial charge in [0.1, 0.15) is 11.7 Å². The van der Waals surface area contributed by atoms with Crippen LogP contribution in [0.2, 0.25) is 0 Å². The van der Waals surface area contributed by atoms with E-state index in [-0.39, 0.29) is 23.9 Å². The first-order valence-electron chi connectivity index (χ1n) is 6.92. The Morgan fingerprint density at radius 2 is 2.05 bits per heavy atom. The predicted octanol–water partition coefficient (Wildman–Crippen LogP) is 1.94. The van der Waals surface area contributed by atoms with Gasteiger partial charge >= 0.3 is 12.1 Å². The number of esters is 1. The Labute approximate surface area is 120 Å². The molecule has 0 aromatic rings. The first-order chi connectivity index (χ1) is 9.84. The Balaban J connectivity index is 1.72. The van der Waals surface area contributed by atoms with Crippen LogP contribution in [0.25, 0.3) is 0 Å². The van der Waals surface area contributed by atoms with Crippen molar-refractivity contribution in [1.82, 2.24) is 0 Å². The summed E-state index contributed by atoms with van der Waals surface area (Å²) in [4.78, 5) is 11.6. The van der Waals surface area contributed by atoms with Crippen LogP contribution in [-0.2, 0) is 19.0 Å². The largest absolute Gasteiger partial charge is 0.456 e. The molecule has 0 spiro atoms. The lowest BCUT2D eigenvalue weighted by molar-refractivity contribution is -0.164. The van der Waals surface area contributed by atoms with Gasteiger partial charge in [-0.2, -0.15) is 13.2 Å². The van der Waals surface area contributed by atoms with E-state index in [0.717, 1.165) is 6.42 Å². The summed E-state index contributed by atoms with van der Waals surface area (Å²) in [6.07, 6.45) is -4.85. The molecule has 3 aliphatic rings. The number of hydrogen-bond acceptors (Lipinski definition) is 4. The fourth-order valence-electron chi connectivity index (χ4n) is 4.13. The van der Waals surface area contributed by atoms with Crippen LogP contribution in [-0.4, -0.2) is 44.7 Å². The van der Waals surface area contributed by atoms with Crippen LogP contribution >= 0.6 is 0 Å². The summed E-state index contributed by atoms with van der Waals surface area (Å²) in [7, 11) is 1.59. The maximum atomic E-state index is 12.5. The van der Waals surface area contributed by atoms with Gasteiger partial charge < -0.3 is 14.2 Å². The maximum absolute atomic E-state index is 12.5. The van der Waals surface area contributed by atoms with Crippen LogP contribution in [0.1, 0.15) is 6.42 Å². The molecule has 0 radical (unpaired) electrons. The van der Waals surface area contributed by atoms with E-state index >= 15 is 0 Å². The molecule has 118 valence electrons. The fraction of sp³-hybridized carbons (Fsp3) is 0.786. The van der Waals surface area contributed by atoms with Crippen LogP contribution in [0, 0.1) is 23.7 Å².